The van der Waals surface area contributed by atoms with Crippen LogP contribution in [0.1, 0.15) is 25.2 Å². The number of carbonyl (C=O) groups is 2. The number of aromatic nitrogens is 2. The van der Waals surface area contributed by atoms with Gasteiger partial charge in [-0.1, -0.05) is 13.8 Å². The zero-order valence-corrected chi connectivity index (χ0v) is 11.6. The molecule has 1 heterocycles. The Balaban J connectivity index is 2.79. The SMILES string of the molecule is Cc1n[nH]c(C)c1NC(=O)N(CC(=O)O)CC(C)C. The van der Waals surface area contributed by atoms with Crippen molar-refractivity contribution in [1.29, 1.82) is 0 Å². The number of carboxylic acids is 1. The normalized spacial score (nSPS) is 10.6. The number of anilines is 1. The number of carbonyl (C=O) groups excluding carboxylic acids is 1. The summed E-state index contributed by atoms with van der Waals surface area (Å²) in [6.45, 7) is 7.48. The lowest BCUT2D eigenvalue weighted by molar-refractivity contribution is -0.137. The lowest BCUT2D eigenvalue weighted by Crippen LogP contribution is -2.41. The zero-order valence-electron chi connectivity index (χ0n) is 11.6. The number of rotatable bonds is 5. The Hall–Kier alpha value is -2.05. The lowest BCUT2D eigenvalue weighted by atomic mass is 10.2. The van der Waals surface area contributed by atoms with E-state index in [4.69, 9.17) is 5.11 Å². The first-order valence-electron chi connectivity index (χ1n) is 6.10. The Morgan fingerprint density at radius 2 is 2.05 bits per heavy atom. The second-order valence-electron chi connectivity index (χ2n) is 4.91. The molecule has 0 bridgehead atoms. The van der Waals surface area contributed by atoms with E-state index in [0.29, 0.717) is 17.9 Å². The molecule has 0 aliphatic carbocycles. The molecule has 2 amide bonds. The summed E-state index contributed by atoms with van der Waals surface area (Å²) in [6.07, 6.45) is 0. The molecule has 106 valence electrons. The van der Waals surface area contributed by atoms with Crippen molar-refractivity contribution in [2.75, 3.05) is 18.4 Å². The van der Waals surface area contributed by atoms with E-state index in [2.05, 4.69) is 15.5 Å². The van der Waals surface area contributed by atoms with Gasteiger partial charge in [-0.15, -0.1) is 0 Å². The number of aromatic amines is 1. The fourth-order valence-corrected chi connectivity index (χ4v) is 1.74. The van der Waals surface area contributed by atoms with E-state index in [1.807, 2.05) is 13.8 Å². The Morgan fingerprint density at radius 1 is 1.42 bits per heavy atom. The molecular formula is C12H20N4O3. The van der Waals surface area contributed by atoms with E-state index in [1.54, 1.807) is 13.8 Å². The third-order valence-electron chi connectivity index (χ3n) is 2.56. The predicted octanol–water partition coefficient (Wildman–Crippen LogP) is 1.60. The van der Waals surface area contributed by atoms with Crippen molar-refractivity contribution in [3.05, 3.63) is 11.4 Å². The van der Waals surface area contributed by atoms with E-state index in [9.17, 15) is 9.59 Å². The van der Waals surface area contributed by atoms with E-state index in [0.717, 1.165) is 5.69 Å². The van der Waals surface area contributed by atoms with Crippen LogP contribution in [0.2, 0.25) is 0 Å². The number of hydrogen-bond donors (Lipinski definition) is 3. The Kier molecular flexibility index (Phi) is 4.91. The Bertz CT molecular complexity index is 448. The number of amides is 2. The number of aliphatic carboxylic acids is 1. The van der Waals surface area contributed by atoms with Crippen LogP contribution in [0.3, 0.4) is 0 Å². The van der Waals surface area contributed by atoms with Crippen LogP contribution in [0.4, 0.5) is 10.5 Å². The van der Waals surface area contributed by atoms with Crippen molar-refractivity contribution >= 4 is 17.7 Å². The summed E-state index contributed by atoms with van der Waals surface area (Å²) in [7, 11) is 0. The first-order chi connectivity index (χ1) is 8.81. The summed E-state index contributed by atoms with van der Waals surface area (Å²) in [6, 6.07) is -0.427. The largest absolute Gasteiger partial charge is 0.480 e. The molecule has 0 aliphatic heterocycles. The molecule has 1 aromatic rings. The van der Waals surface area contributed by atoms with Crippen LogP contribution in [-0.4, -0.2) is 45.3 Å². The highest BCUT2D eigenvalue weighted by Gasteiger charge is 2.19. The van der Waals surface area contributed by atoms with Gasteiger partial charge in [-0.3, -0.25) is 9.89 Å². The number of carboxylic acid groups (broad SMARTS) is 1. The van der Waals surface area contributed by atoms with E-state index >= 15 is 0 Å². The summed E-state index contributed by atoms with van der Waals surface area (Å²) in [4.78, 5) is 24.2. The fourth-order valence-electron chi connectivity index (χ4n) is 1.74. The molecule has 0 saturated carbocycles. The maximum Gasteiger partial charge on any atom is 0.323 e. The first-order valence-corrected chi connectivity index (χ1v) is 6.10. The van der Waals surface area contributed by atoms with Gasteiger partial charge in [0.2, 0.25) is 0 Å². The molecule has 0 fully saturated rings. The minimum atomic E-state index is -1.03. The number of nitrogens with zero attached hydrogens (tertiary/aromatic N) is 2. The maximum absolute atomic E-state index is 12.1. The first kappa shape index (κ1) is 15.0. The molecule has 1 aromatic heterocycles. The van der Waals surface area contributed by atoms with Gasteiger partial charge in [0.05, 0.1) is 17.1 Å². The fraction of sp³-hybridized carbons (Fsp3) is 0.583. The smallest absolute Gasteiger partial charge is 0.323 e. The monoisotopic (exact) mass is 268 g/mol. The molecule has 7 heteroatoms. The van der Waals surface area contributed by atoms with Crippen molar-refractivity contribution < 1.29 is 14.7 Å². The molecule has 0 aromatic carbocycles. The lowest BCUT2D eigenvalue weighted by Gasteiger charge is -2.23. The molecule has 0 unspecified atom stereocenters. The summed E-state index contributed by atoms with van der Waals surface area (Å²) < 4.78 is 0. The number of H-pyrrole nitrogens is 1. The van der Waals surface area contributed by atoms with Crippen LogP contribution >= 0.6 is 0 Å². The second-order valence-corrected chi connectivity index (χ2v) is 4.91. The third kappa shape index (κ3) is 4.27. The average molecular weight is 268 g/mol. The van der Waals surface area contributed by atoms with Gasteiger partial charge in [-0.2, -0.15) is 5.10 Å². The summed E-state index contributed by atoms with van der Waals surface area (Å²) >= 11 is 0. The highest BCUT2D eigenvalue weighted by Crippen LogP contribution is 2.16. The van der Waals surface area contributed by atoms with Crippen LogP contribution in [-0.2, 0) is 4.79 Å². The molecule has 0 atom stereocenters. The number of nitrogens with one attached hydrogen (secondary N) is 2. The Labute approximate surface area is 112 Å². The van der Waals surface area contributed by atoms with E-state index in [1.165, 1.54) is 4.90 Å². The van der Waals surface area contributed by atoms with Crippen LogP contribution in [0.5, 0.6) is 0 Å². The molecule has 19 heavy (non-hydrogen) atoms. The minimum absolute atomic E-state index is 0.191. The van der Waals surface area contributed by atoms with Gasteiger partial charge in [0.15, 0.2) is 0 Å². The highest BCUT2D eigenvalue weighted by molar-refractivity contribution is 5.92. The van der Waals surface area contributed by atoms with Crippen molar-refractivity contribution in [3.63, 3.8) is 0 Å². The van der Waals surface area contributed by atoms with Gasteiger partial charge in [-0.25, -0.2) is 4.79 Å². The molecule has 0 saturated heterocycles. The van der Waals surface area contributed by atoms with Gasteiger partial charge in [-0.05, 0) is 19.8 Å². The summed E-state index contributed by atoms with van der Waals surface area (Å²) in [5.74, 6) is -0.840. The quantitative estimate of drug-likeness (QED) is 0.755. The molecule has 1 rings (SSSR count). The van der Waals surface area contributed by atoms with Crippen LogP contribution in [0.15, 0.2) is 0 Å². The predicted molar refractivity (Wildman–Crippen MR) is 71.1 cm³/mol. The molecular weight excluding hydrogens is 248 g/mol. The van der Waals surface area contributed by atoms with Gasteiger partial charge >= 0.3 is 12.0 Å². The maximum atomic E-state index is 12.1. The van der Waals surface area contributed by atoms with Gasteiger partial charge in [0, 0.05) is 6.54 Å². The standard InChI is InChI=1S/C12H20N4O3/c1-7(2)5-16(6-10(17)18)12(19)13-11-8(3)14-15-9(11)4/h7H,5-6H2,1-4H3,(H,13,19)(H,14,15)(H,17,18). The van der Waals surface area contributed by atoms with Crippen molar-refractivity contribution in [2.45, 2.75) is 27.7 Å². The van der Waals surface area contributed by atoms with Crippen LogP contribution in [0.25, 0.3) is 0 Å². The van der Waals surface area contributed by atoms with Crippen molar-refractivity contribution in [2.24, 2.45) is 5.92 Å². The van der Waals surface area contributed by atoms with Crippen molar-refractivity contribution in [3.8, 4) is 0 Å². The summed E-state index contributed by atoms with van der Waals surface area (Å²) in [5.41, 5.74) is 2.01. The third-order valence-corrected chi connectivity index (χ3v) is 2.56. The number of hydrogen-bond acceptors (Lipinski definition) is 3. The van der Waals surface area contributed by atoms with E-state index in [-0.39, 0.29) is 12.5 Å². The average Bonchev–Trinajstić information content (AvgIpc) is 2.58. The van der Waals surface area contributed by atoms with Crippen LogP contribution in [0, 0.1) is 19.8 Å². The summed E-state index contributed by atoms with van der Waals surface area (Å²) in [5, 5.41) is 18.3. The minimum Gasteiger partial charge on any atom is -0.480 e. The second kappa shape index (κ2) is 6.21. The molecule has 0 spiro atoms. The zero-order chi connectivity index (χ0) is 14.6. The highest BCUT2D eigenvalue weighted by atomic mass is 16.4. The topological polar surface area (TPSA) is 98.3 Å². The molecule has 0 aliphatic rings. The molecule has 0 radical (unpaired) electrons. The Morgan fingerprint density at radius 3 is 2.47 bits per heavy atom. The molecule has 7 nitrogen and oxygen atoms in total. The molecule has 3 N–H and O–H groups in total. The van der Waals surface area contributed by atoms with Crippen molar-refractivity contribution in [1.82, 2.24) is 15.1 Å². The number of urea groups is 1. The van der Waals surface area contributed by atoms with Crippen LogP contribution < -0.4 is 5.32 Å². The number of aryl methyl sites for hydroxylation is 2. The van der Waals surface area contributed by atoms with Gasteiger partial charge in [0.1, 0.15) is 6.54 Å². The van der Waals surface area contributed by atoms with Gasteiger partial charge in [0.25, 0.3) is 0 Å². The van der Waals surface area contributed by atoms with E-state index < -0.39 is 12.0 Å². The van der Waals surface area contributed by atoms with Gasteiger partial charge < -0.3 is 15.3 Å².